The van der Waals surface area contributed by atoms with E-state index in [1.54, 1.807) is 0 Å². The van der Waals surface area contributed by atoms with Gasteiger partial charge >= 0.3 is 0 Å². The molecule has 3 aliphatic rings. The molecule has 3 nitrogen and oxygen atoms in total. The van der Waals surface area contributed by atoms with Gasteiger partial charge in [0.25, 0.3) is 0 Å². The largest absolute Gasteiger partial charge is 0.391 e. The normalized spacial score (nSPS) is 24.8. The van der Waals surface area contributed by atoms with Crippen LogP contribution in [-0.4, -0.2) is 29.7 Å². The Morgan fingerprint density at radius 2 is 1.73 bits per heavy atom. The summed E-state index contributed by atoms with van der Waals surface area (Å²) in [6.45, 7) is 2.68. The minimum atomic E-state index is -0.223. The first-order chi connectivity index (χ1) is 12.3. The molecule has 1 unspecified atom stereocenters. The Labute approximate surface area is 160 Å². The van der Waals surface area contributed by atoms with Gasteiger partial charge in [-0.25, -0.2) is 4.39 Å². The fourth-order valence-electron chi connectivity index (χ4n) is 3.93. The average Bonchev–Trinajstić information content (AvgIpc) is 2.68. The molecule has 0 amide bonds. The molecule has 0 aromatic heterocycles. The van der Waals surface area contributed by atoms with E-state index in [0.717, 1.165) is 42.3 Å². The van der Waals surface area contributed by atoms with Gasteiger partial charge in [0.15, 0.2) is 0 Å². The van der Waals surface area contributed by atoms with E-state index in [2.05, 4.69) is 10.1 Å². The van der Waals surface area contributed by atoms with Crippen LogP contribution in [0.3, 0.4) is 0 Å². The third kappa shape index (κ3) is 4.25. The Balaban J connectivity index is 0.00000196. The monoisotopic (exact) mass is 374 g/mol. The van der Waals surface area contributed by atoms with Gasteiger partial charge in [-0.2, -0.15) is 0 Å². The van der Waals surface area contributed by atoms with Gasteiger partial charge in [0.2, 0.25) is 0 Å². The van der Waals surface area contributed by atoms with E-state index in [-0.39, 0.29) is 24.3 Å². The summed E-state index contributed by atoms with van der Waals surface area (Å²) in [4.78, 5) is 8.19. The van der Waals surface area contributed by atoms with Crippen molar-refractivity contribution in [2.45, 2.75) is 31.9 Å². The van der Waals surface area contributed by atoms with Crippen LogP contribution >= 0.6 is 12.4 Å². The average molecular weight is 375 g/mol. The number of benzene rings is 2. The van der Waals surface area contributed by atoms with Crippen LogP contribution in [0.5, 0.6) is 0 Å². The number of piperidine rings is 3. The van der Waals surface area contributed by atoms with Crippen LogP contribution in [0.1, 0.15) is 30.4 Å². The summed E-state index contributed by atoms with van der Waals surface area (Å²) in [5.74, 6) is 0.550. The predicted molar refractivity (Wildman–Crippen MR) is 104 cm³/mol. The summed E-state index contributed by atoms with van der Waals surface area (Å²) in [7, 11) is 0. The first-order valence-electron chi connectivity index (χ1n) is 9.03. The molecule has 3 aliphatic heterocycles. The molecule has 0 saturated carbocycles. The smallest absolute Gasteiger partial charge is 0.142 e. The molecular weight excluding hydrogens is 351 g/mol. The van der Waals surface area contributed by atoms with Crippen LogP contribution in [0.2, 0.25) is 0 Å². The highest BCUT2D eigenvalue weighted by atomic mass is 35.5. The third-order valence-corrected chi connectivity index (χ3v) is 5.34. The molecule has 2 aromatic rings. The van der Waals surface area contributed by atoms with Crippen molar-refractivity contribution in [2.24, 2.45) is 11.1 Å². The minimum Gasteiger partial charge on any atom is -0.391 e. The molecule has 26 heavy (non-hydrogen) atoms. The Hall–Kier alpha value is -1.91. The molecule has 3 fully saturated rings. The fraction of sp³-hybridized carbons (Fsp3) is 0.381. The molecule has 0 aliphatic carbocycles. The molecule has 2 aromatic carbocycles. The third-order valence-electron chi connectivity index (χ3n) is 5.34. The molecule has 0 spiro atoms. The van der Waals surface area contributed by atoms with Crippen LogP contribution in [0.15, 0.2) is 59.8 Å². The quantitative estimate of drug-likeness (QED) is 0.562. The maximum absolute atomic E-state index is 13.3. The number of hydrogen-bond donors (Lipinski definition) is 0. The van der Waals surface area contributed by atoms with Crippen molar-refractivity contribution in [3.63, 3.8) is 0 Å². The molecule has 0 radical (unpaired) electrons. The molecule has 1 atom stereocenters. The lowest BCUT2D eigenvalue weighted by Gasteiger charge is -2.45. The first-order valence-corrected chi connectivity index (χ1v) is 9.03. The number of halogens is 2. The van der Waals surface area contributed by atoms with Crippen molar-refractivity contribution < 1.29 is 9.23 Å². The van der Waals surface area contributed by atoms with Crippen molar-refractivity contribution in [3.05, 3.63) is 71.5 Å². The lowest BCUT2D eigenvalue weighted by atomic mass is 9.80. The van der Waals surface area contributed by atoms with E-state index in [9.17, 15) is 4.39 Å². The van der Waals surface area contributed by atoms with E-state index in [0.29, 0.717) is 6.61 Å². The van der Waals surface area contributed by atoms with Crippen LogP contribution in [0.4, 0.5) is 4.39 Å². The summed E-state index contributed by atoms with van der Waals surface area (Å²) in [6.07, 6.45) is 3.67. The van der Waals surface area contributed by atoms with E-state index in [4.69, 9.17) is 4.84 Å². The lowest BCUT2D eigenvalue weighted by molar-refractivity contribution is 0.0762. The Kier molecular flexibility index (Phi) is 6.28. The van der Waals surface area contributed by atoms with Crippen molar-refractivity contribution in [2.75, 3.05) is 13.1 Å². The van der Waals surface area contributed by atoms with Crippen LogP contribution in [0, 0.1) is 11.7 Å². The van der Waals surface area contributed by atoms with Crippen molar-refractivity contribution in [3.8, 4) is 0 Å². The van der Waals surface area contributed by atoms with E-state index in [1.807, 2.05) is 42.5 Å². The lowest BCUT2D eigenvalue weighted by Crippen LogP contribution is -2.52. The van der Waals surface area contributed by atoms with Crippen molar-refractivity contribution in [1.82, 2.24) is 4.90 Å². The van der Waals surface area contributed by atoms with E-state index in [1.165, 1.54) is 25.0 Å². The standard InChI is InChI=1S/C21H23FN2O.ClH/c22-19-8-6-18(7-9-19)21(20-14-16-10-12-24(20)13-11-16)23-25-15-17-4-2-1-3-5-17;/h1-9,16,20H,10-15H2;1H/b23-21-;. The second kappa shape index (κ2) is 8.65. The van der Waals surface area contributed by atoms with Gasteiger partial charge in [0.1, 0.15) is 18.1 Å². The minimum absolute atomic E-state index is 0. The van der Waals surface area contributed by atoms with Crippen molar-refractivity contribution >= 4 is 18.1 Å². The molecule has 0 N–H and O–H groups in total. The molecule has 3 saturated heterocycles. The van der Waals surface area contributed by atoms with Gasteiger partial charge < -0.3 is 4.84 Å². The highest BCUT2D eigenvalue weighted by Gasteiger charge is 2.37. The second-order valence-corrected chi connectivity index (χ2v) is 6.97. The van der Waals surface area contributed by atoms with Gasteiger partial charge in [-0.3, -0.25) is 4.90 Å². The fourth-order valence-corrected chi connectivity index (χ4v) is 3.93. The maximum Gasteiger partial charge on any atom is 0.142 e. The first kappa shape index (κ1) is 18.9. The highest BCUT2D eigenvalue weighted by molar-refractivity contribution is 6.04. The van der Waals surface area contributed by atoms with Gasteiger partial charge in [0, 0.05) is 5.56 Å². The molecule has 3 heterocycles. The topological polar surface area (TPSA) is 24.8 Å². The summed E-state index contributed by atoms with van der Waals surface area (Å²) in [6, 6.07) is 16.9. The number of fused-ring (bicyclic) bond motifs is 3. The molecule has 5 heteroatoms. The SMILES string of the molecule is Cl.Fc1ccc(/C(=N/OCc2ccccc2)C2CC3CCN2CC3)cc1. The van der Waals surface area contributed by atoms with Gasteiger partial charge in [-0.15, -0.1) is 12.4 Å². The summed E-state index contributed by atoms with van der Waals surface area (Å²) < 4.78 is 13.3. The maximum atomic E-state index is 13.3. The molecule has 138 valence electrons. The van der Waals surface area contributed by atoms with Gasteiger partial charge in [-0.05, 0) is 56.0 Å². The molecule has 2 bridgehead atoms. The van der Waals surface area contributed by atoms with Crippen LogP contribution in [-0.2, 0) is 11.4 Å². The van der Waals surface area contributed by atoms with E-state index < -0.39 is 0 Å². The van der Waals surface area contributed by atoms with Crippen molar-refractivity contribution in [1.29, 1.82) is 0 Å². The Bertz CT molecular complexity index is 727. The van der Waals surface area contributed by atoms with Crippen LogP contribution in [0.25, 0.3) is 0 Å². The Morgan fingerprint density at radius 1 is 1.04 bits per heavy atom. The number of oxime groups is 1. The summed E-state index contributed by atoms with van der Waals surface area (Å²) >= 11 is 0. The Morgan fingerprint density at radius 3 is 2.35 bits per heavy atom. The molecular formula is C21H24ClFN2O. The number of rotatable bonds is 5. The zero-order valence-corrected chi connectivity index (χ0v) is 15.5. The predicted octanol–water partition coefficient (Wildman–Crippen LogP) is 4.65. The van der Waals surface area contributed by atoms with Gasteiger partial charge in [0.05, 0.1) is 6.04 Å². The number of hydrogen-bond acceptors (Lipinski definition) is 3. The molecule has 5 rings (SSSR count). The number of nitrogens with zero attached hydrogens (tertiary/aromatic N) is 2. The summed E-state index contributed by atoms with van der Waals surface area (Å²) in [5, 5.41) is 4.51. The van der Waals surface area contributed by atoms with Crippen LogP contribution < -0.4 is 0 Å². The summed E-state index contributed by atoms with van der Waals surface area (Å²) in [5.41, 5.74) is 2.97. The highest BCUT2D eigenvalue weighted by Crippen LogP contribution is 2.33. The second-order valence-electron chi connectivity index (χ2n) is 6.97. The zero-order valence-electron chi connectivity index (χ0n) is 14.7. The zero-order chi connectivity index (χ0) is 17.1. The van der Waals surface area contributed by atoms with E-state index >= 15 is 0 Å². The van der Waals surface area contributed by atoms with Gasteiger partial charge in [-0.1, -0.05) is 47.6 Å².